The topological polar surface area (TPSA) is 144 Å². The molecule has 4 N–H and O–H groups in total. The average Bonchev–Trinajstić information content (AvgIpc) is 3.79. The van der Waals surface area contributed by atoms with Gasteiger partial charge in [-0.3, -0.25) is 9.11 Å². The van der Waals surface area contributed by atoms with Crippen LogP contribution in [0.15, 0.2) is 53.4 Å². The first kappa shape index (κ1) is 29.9. The molecular weight excluding hydrogens is 590 g/mol. The molecule has 0 radical (unpaired) electrons. The molecular formula is C28H29ClF2N6O4S. The number of urea groups is 1. The van der Waals surface area contributed by atoms with Crippen molar-refractivity contribution in [2.45, 2.75) is 41.9 Å². The Balaban J connectivity index is 1.52. The van der Waals surface area contributed by atoms with E-state index in [1.165, 1.54) is 18.2 Å². The van der Waals surface area contributed by atoms with Crippen molar-refractivity contribution in [3.05, 3.63) is 64.8 Å². The number of amides is 2. The lowest BCUT2D eigenvalue weighted by Gasteiger charge is -2.42. The number of ether oxygens (including phenoxy) is 1. The lowest BCUT2D eigenvalue weighted by Crippen LogP contribution is -2.44. The van der Waals surface area contributed by atoms with Gasteiger partial charge < -0.3 is 20.3 Å². The highest BCUT2D eigenvalue weighted by atomic mass is 35.5. The zero-order valence-electron chi connectivity index (χ0n) is 22.6. The molecule has 2 amide bonds. The van der Waals surface area contributed by atoms with Crippen molar-refractivity contribution in [1.29, 1.82) is 5.26 Å². The molecule has 1 saturated carbocycles. The first-order valence-corrected chi connectivity index (χ1v) is 15.1. The lowest BCUT2D eigenvalue weighted by molar-refractivity contribution is 0.0985. The van der Waals surface area contributed by atoms with Crippen LogP contribution in [0.4, 0.5) is 25.1 Å². The summed E-state index contributed by atoms with van der Waals surface area (Å²) in [4.78, 5) is 23.7. The second-order valence-corrected chi connectivity index (χ2v) is 12.9. The van der Waals surface area contributed by atoms with E-state index in [4.69, 9.17) is 26.3 Å². The van der Waals surface area contributed by atoms with Gasteiger partial charge in [0.1, 0.15) is 10.6 Å². The normalized spacial score (nSPS) is 18.3. The lowest BCUT2D eigenvalue weighted by atomic mass is 10.1. The van der Waals surface area contributed by atoms with Crippen LogP contribution in [0.25, 0.3) is 11.4 Å². The number of hydrogen-bond donors (Lipinski definition) is 4. The van der Waals surface area contributed by atoms with Crippen molar-refractivity contribution in [3.63, 3.8) is 0 Å². The van der Waals surface area contributed by atoms with E-state index in [1.807, 2.05) is 13.0 Å². The van der Waals surface area contributed by atoms with Crippen LogP contribution in [-0.2, 0) is 9.48 Å². The minimum Gasteiger partial charge on any atom is -0.377 e. The van der Waals surface area contributed by atoms with Crippen molar-refractivity contribution < 1.29 is 27.4 Å². The molecule has 2 aromatic carbocycles. The number of benzene rings is 2. The molecule has 1 aliphatic carbocycles. The highest BCUT2D eigenvalue weighted by Gasteiger charge is 2.58. The van der Waals surface area contributed by atoms with Gasteiger partial charge in [-0.1, -0.05) is 11.6 Å². The summed E-state index contributed by atoms with van der Waals surface area (Å²) in [5.74, 6) is 0.939. The van der Waals surface area contributed by atoms with E-state index in [0.29, 0.717) is 66.8 Å². The number of nitrogens with one attached hydrogen (secondary N) is 2. The van der Waals surface area contributed by atoms with Gasteiger partial charge in [0.05, 0.1) is 53.0 Å². The minimum absolute atomic E-state index is 0.0103. The Morgan fingerprint density at radius 1 is 1.24 bits per heavy atom. The molecule has 10 nitrogen and oxygen atoms in total. The van der Waals surface area contributed by atoms with Crippen LogP contribution in [-0.4, -0.2) is 63.9 Å². The summed E-state index contributed by atoms with van der Waals surface area (Å²) in [5.41, 5.74) is 1.74. The van der Waals surface area contributed by atoms with Crippen molar-refractivity contribution in [2.75, 3.05) is 36.5 Å². The number of alkyl halides is 2. The Labute approximate surface area is 248 Å². The number of aromatic nitrogens is 2. The summed E-state index contributed by atoms with van der Waals surface area (Å²) >= 11 is 6.42. The number of carbonyl (C=O) groups excluding carboxylic acids is 1. The number of anilines is 2. The average molecular weight is 619 g/mol. The van der Waals surface area contributed by atoms with Crippen molar-refractivity contribution in [3.8, 4) is 17.5 Å². The molecule has 2 heterocycles. The monoisotopic (exact) mass is 618 g/mol. The Morgan fingerprint density at radius 3 is 2.60 bits per heavy atom. The fourth-order valence-electron chi connectivity index (χ4n) is 4.87. The minimum atomic E-state index is -3.51. The molecule has 1 aliphatic heterocycles. The highest BCUT2D eigenvalue weighted by Crippen LogP contribution is 2.76. The quantitative estimate of drug-likeness (QED) is 0.238. The molecule has 1 aromatic heterocycles. The molecule has 14 heteroatoms. The number of rotatable bonds is 8. The van der Waals surface area contributed by atoms with Crippen LogP contribution in [0, 0.1) is 11.3 Å². The molecule has 0 bridgehead atoms. The number of morpholine rings is 1. The fourth-order valence-corrected chi connectivity index (χ4v) is 7.45. The van der Waals surface area contributed by atoms with Gasteiger partial charge >= 0.3 is 6.03 Å². The van der Waals surface area contributed by atoms with E-state index in [-0.39, 0.29) is 16.0 Å². The Hall–Kier alpha value is -3.54. The van der Waals surface area contributed by atoms with Gasteiger partial charge in [-0.15, -0.1) is 0 Å². The van der Waals surface area contributed by atoms with E-state index in [2.05, 4.69) is 15.5 Å². The molecule has 0 unspecified atom stereocenters. The third-order valence-electron chi connectivity index (χ3n) is 7.28. The first-order chi connectivity index (χ1) is 20.0. The largest absolute Gasteiger partial charge is 0.377 e. The molecule has 2 aliphatic rings. The van der Waals surface area contributed by atoms with Crippen LogP contribution in [0.1, 0.15) is 31.0 Å². The van der Waals surface area contributed by atoms with Crippen molar-refractivity contribution in [2.24, 2.45) is 0 Å². The number of nitrogens with zero attached hydrogens (tertiary/aromatic N) is 4. The van der Waals surface area contributed by atoms with Gasteiger partial charge in [0, 0.05) is 23.9 Å². The summed E-state index contributed by atoms with van der Waals surface area (Å²) in [6, 6.07) is 14.0. The molecule has 1 atom stereocenters. The third-order valence-corrected chi connectivity index (χ3v) is 10.4. The van der Waals surface area contributed by atoms with E-state index in [1.54, 1.807) is 30.3 Å². The SMILES string of the molecule is C[C@H]1COCCN1c1cc(C2(S(O)(O)c3ccc(C#N)cc3Cl)CC2)nc(-c2ccc(NC(=O)NCC(F)F)cc2)n1. The van der Waals surface area contributed by atoms with Gasteiger partial charge in [0.15, 0.2) is 5.82 Å². The number of nitriles is 1. The van der Waals surface area contributed by atoms with E-state index in [9.17, 15) is 27.9 Å². The van der Waals surface area contributed by atoms with Gasteiger partial charge in [-0.25, -0.2) is 23.5 Å². The fraction of sp³-hybridized carbons (Fsp3) is 0.357. The Kier molecular flexibility index (Phi) is 8.54. The molecule has 2 fully saturated rings. The number of halogens is 3. The third kappa shape index (κ3) is 5.99. The maximum absolute atomic E-state index is 12.4. The molecule has 42 heavy (non-hydrogen) atoms. The van der Waals surface area contributed by atoms with Gasteiger partial charge in [0.2, 0.25) is 0 Å². The number of carbonyl (C=O) groups is 1. The summed E-state index contributed by atoms with van der Waals surface area (Å²) in [7, 11) is -3.51. The van der Waals surface area contributed by atoms with Gasteiger partial charge in [-0.2, -0.15) is 15.9 Å². The maximum atomic E-state index is 12.4. The number of hydrogen-bond acceptors (Lipinski definition) is 8. The summed E-state index contributed by atoms with van der Waals surface area (Å²) in [6.07, 6.45) is -1.75. The van der Waals surface area contributed by atoms with Crippen LogP contribution >= 0.6 is 22.2 Å². The zero-order chi connectivity index (χ0) is 30.1. The predicted octanol–water partition coefficient (Wildman–Crippen LogP) is 6.08. The highest BCUT2D eigenvalue weighted by molar-refractivity contribution is 8.25. The standard InChI is InChI=1S/C28H29ClF2N6O4S/c1-17-16-41-11-10-37(17)25-13-23(28(8-9-28)42(39,40)22-7-2-18(14-32)12-21(22)29)35-26(36-25)19-3-5-20(6-4-19)34-27(38)33-15-24(30)31/h2-7,12-13,17,24,39-40H,8-11,15-16H2,1H3,(H2,33,34,38)/t17-/m0/s1. The summed E-state index contributed by atoms with van der Waals surface area (Å²) in [5, 5.41) is 13.9. The van der Waals surface area contributed by atoms with Gasteiger partial charge in [0.25, 0.3) is 6.43 Å². The molecule has 5 rings (SSSR count). The van der Waals surface area contributed by atoms with E-state index < -0.39 is 34.3 Å². The molecule has 222 valence electrons. The zero-order valence-corrected chi connectivity index (χ0v) is 24.1. The predicted molar refractivity (Wildman–Crippen MR) is 156 cm³/mol. The molecule has 3 aromatic rings. The summed E-state index contributed by atoms with van der Waals surface area (Å²) in [6.45, 7) is 2.84. The molecule has 1 saturated heterocycles. The van der Waals surface area contributed by atoms with E-state index in [0.717, 1.165) is 0 Å². The molecule has 0 spiro atoms. The van der Waals surface area contributed by atoms with Crippen molar-refractivity contribution >= 4 is 39.7 Å². The second kappa shape index (κ2) is 12.0. The van der Waals surface area contributed by atoms with Crippen LogP contribution < -0.4 is 15.5 Å². The first-order valence-electron chi connectivity index (χ1n) is 13.2. The van der Waals surface area contributed by atoms with Crippen LogP contribution in [0.2, 0.25) is 5.02 Å². The smallest absolute Gasteiger partial charge is 0.319 e. The van der Waals surface area contributed by atoms with Gasteiger partial charge in [-0.05, 0) is 62.2 Å². The Bertz CT molecular complexity index is 1520. The van der Waals surface area contributed by atoms with Crippen molar-refractivity contribution in [1.82, 2.24) is 15.3 Å². The van der Waals surface area contributed by atoms with Crippen LogP contribution in [0.5, 0.6) is 0 Å². The van der Waals surface area contributed by atoms with Crippen LogP contribution in [0.3, 0.4) is 0 Å². The second-order valence-electron chi connectivity index (χ2n) is 10.2. The Morgan fingerprint density at radius 2 is 1.98 bits per heavy atom. The summed E-state index contributed by atoms with van der Waals surface area (Å²) < 4.78 is 52.6. The maximum Gasteiger partial charge on any atom is 0.319 e. The van der Waals surface area contributed by atoms with E-state index >= 15 is 0 Å².